The number of rotatable bonds is 2. The number of hydrogen-bond acceptors (Lipinski definition) is 4. The van der Waals surface area contributed by atoms with Gasteiger partial charge in [-0.3, -0.25) is 4.79 Å². The zero-order valence-electron chi connectivity index (χ0n) is 6.52. The molecule has 0 aliphatic carbocycles. The van der Waals surface area contributed by atoms with E-state index in [-0.39, 0.29) is 12.4 Å². The first-order valence-corrected chi connectivity index (χ1v) is 3.11. The van der Waals surface area contributed by atoms with Crippen LogP contribution in [0.4, 0.5) is 0 Å². The highest BCUT2D eigenvalue weighted by Crippen LogP contribution is 2.10. The van der Waals surface area contributed by atoms with E-state index < -0.39 is 12.0 Å². The summed E-state index contributed by atoms with van der Waals surface area (Å²) in [6, 6.07) is 0.889. The lowest BCUT2D eigenvalue weighted by Crippen LogP contribution is -2.21. The molecular formula is C7H10ClNO3. The molecule has 4 nitrogen and oxygen atoms in total. The van der Waals surface area contributed by atoms with Crippen LogP contribution in [0.25, 0.3) is 0 Å². The van der Waals surface area contributed by atoms with E-state index in [4.69, 9.17) is 10.2 Å². The third-order valence-electron chi connectivity index (χ3n) is 1.36. The van der Waals surface area contributed by atoms with Crippen molar-refractivity contribution in [3.63, 3.8) is 0 Å². The molecule has 0 aliphatic heterocycles. The Balaban J connectivity index is 0.00000121. The summed E-state index contributed by atoms with van der Waals surface area (Å²) in [5, 5.41) is 0. The zero-order valence-corrected chi connectivity index (χ0v) is 7.34. The van der Waals surface area contributed by atoms with Crippen LogP contribution < -0.4 is 5.73 Å². The third kappa shape index (κ3) is 2.25. The molecule has 1 aromatic rings. The van der Waals surface area contributed by atoms with Gasteiger partial charge >= 0.3 is 5.97 Å². The van der Waals surface area contributed by atoms with Gasteiger partial charge in [0.2, 0.25) is 0 Å². The highest BCUT2D eigenvalue weighted by Gasteiger charge is 2.16. The first-order valence-electron chi connectivity index (χ1n) is 3.11. The summed E-state index contributed by atoms with van der Waals surface area (Å²) in [5.74, 6) is -0.466. The van der Waals surface area contributed by atoms with E-state index in [9.17, 15) is 4.79 Å². The molecule has 0 aromatic carbocycles. The quantitative estimate of drug-likeness (QED) is 0.705. The summed E-state index contributed by atoms with van der Waals surface area (Å²) in [6.07, 6.45) is 2.87. The Kier molecular flexibility index (Phi) is 4.39. The number of methoxy groups -OCH3 is 1. The molecule has 5 heteroatoms. The highest BCUT2D eigenvalue weighted by atomic mass is 35.5. The zero-order chi connectivity index (χ0) is 8.27. The Morgan fingerprint density at radius 2 is 2.42 bits per heavy atom. The van der Waals surface area contributed by atoms with E-state index in [0.29, 0.717) is 5.56 Å². The number of hydrogen-bond donors (Lipinski definition) is 1. The molecule has 0 spiro atoms. The second-order valence-electron chi connectivity index (χ2n) is 2.06. The van der Waals surface area contributed by atoms with E-state index >= 15 is 0 Å². The van der Waals surface area contributed by atoms with Crippen molar-refractivity contribution in [1.29, 1.82) is 0 Å². The molecule has 0 aliphatic rings. The van der Waals surface area contributed by atoms with Crippen molar-refractivity contribution in [2.45, 2.75) is 6.04 Å². The van der Waals surface area contributed by atoms with Crippen molar-refractivity contribution in [3.8, 4) is 0 Å². The second-order valence-corrected chi connectivity index (χ2v) is 2.06. The van der Waals surface area contributed by atoms with Gasteiger partial charge in [-0.1, -0.05) is 0 Å². The van der Waals surface area contributed by atoms with Gasteiger partial charge in [0.15, 0.2) is 0 Å². The minimum atomic E-state index is -0.737. The Labute approximate surface area is 76.1 Å². The van der Waals surface area contributed by atoms with Gasteiger partial charge in [-0.25, -0.2) is 0 Å². The highest BCUT2D eigenvalue weighted by molar-refractivity contribution is 5.85. The van der Waals surface area contributed by atoms with Crippen LogP contribution in [0.1, 0.15) is 11.6 Å². The maximum atomic E-state index is 10.8. The molecule has 1 heterocycles. The number of furan rings is 1. The summed E-state index contributed by atoms with van der Waals surface area (Å²) < 4.78 is 9.17. The Bertz CT molecular complexity index is 235. The molecule has 0 radical (unpaired) electrons. The molecule has 1 rings (SSSR count). The van der Waals surface area contributed by atoms with Crippen molar-refractivity contribution in [2.24, 2.45) is 5.73 Å². The molecule has 0 fully saturated rings. The molecule has 68 valence electrons. The van der Waals surface area contributed by atoms with Gasteiger partial charge in [0.1, 0.15) is 6.04 Å². The summed E-state index contributed by atoms with van der Waals surface area (Å²) in [6.45, 7) is 0. The van der Waals surface area contributed by atoms with Gasteiger partial charge in [0, 0.05) is 5.56 Å². The number of esters is 1. The minimum absolute atomic E-state index is 0. The third-order valence-corrected chi connectivity index (χ3v) is 1.36. The van der Waals surface area contributed by atoms with Crippen LogP contribution in [0.3, 0.4) is 0 Å². The fraction of sp³-hybridized carbons (Fsp3) is 0.286. The Morgan fingerprint density at radius 1 is 1.75 bits per heavy atom. The first-order chi connectivity index (χ1) is 5.25. The monoisotopic (exact) mass is 191 g/mol. The standard InChI is InChI=1S/C7H9NO3.ClH/c1-10-7(9)6(8)5-2-3-11-4-5;/h2-4,6H,8H2,1H3;1H/t6-;/m0./s1. The predicted octanol–water partition coefficient (Wildman–Crippen LogP) is 0.874. The second kappa shape index (κ2) is 4.79. The Hall–Kier alpha value is -1.00. The van der Waals surface area contributed by atoms with Crippen LogP contribution in [-0.2, 0) is 9.53 Å². The smallest absolute Gasteiger partial charge is 0.327 e. The summed E-state index contributed by atoms with van der Waals surface area (Å²) >= 11 is 0. The lowest BCUT2D eigenvalue weighted by atomic mass is 10.2. The first kappa shape index (κ1) is 11.0. The van der Waals surface area contributed by atoms with E-state index in [1.54, 1.807) is 6.07 Å². The van der Waals surface area contributed by atoms with E-state index in [0.717, 1.165) is 0 Å². The van der Waals surface area contributed by atoms with Crippen molar-refractivity contribution >= 4 is 18.4 Å². The lowest BCUT2D eigenvalue weighted by Gasteiger charge is -2.04. The maximum Gasteiger partial charge on any atom is 0.327 e. The molecule has 1 aromatic heterocycles. The van der Waals surface area contributed by atoms with Crippen LogP contribution in [0.15, 0.2) is 23.0 Å². The molecular weight excluding hydrogens is 182 g/mol. The van der Waals surface area contributed by atoms with Crippen LogP contribution in [0.5, 0.6) is 0 Å². The van der Waals surface area contributed by atoms with E-state index in [1.165, 1.54) is 19.6 Å². The van der Waals surface area contributed by atoms with Crippen molar-refractivity contribution in [2.75, 3.05) is 7.11 Å². The molecule has 1 atom stereocenters. The molecule has 0 unspecified atom stereocenters. The topological polar surface area (TPSA) is 65.5 Å². The van der Waals surface area contributed by atoms with Gasteiger partial charge in [-0.15, -0.1) is 12.4 Å². The summed E-state index contributed by atoms with van der Waals surface area (Å²) in [7, 11) is 1.29. The molecule has 0 amide bonds. The summed E-state index contributed by atoms with van der Waals surface area (Å²) in [4.78, 5) is 10.8. The molecule has 0 saturated carbocycles. The normalized spacial score (nSPS) is 11.5. The fourth-order valence-corrected chi connectivity index (χ4v) is 0.715. The van der Waals surface area contributed by atoms with Gasteiger partial charge in [0.25, 0.3) is 0 Å². The molecule has 12 heavy (non-hydrogen) atoms. The van der Waals surface area contributed by atoms with Gasteiger partial charge in [-0.2, -0.15) is 0 Å². The number of carbonyl (C=O) groups excluding carboxylic acids is 1. The van der Waals surface area contributed by atoms with Crippen molar-refractivity contribution in [1.82, 2.24) is 0 Å². The SMILES string of the molecule is COC(=O)[C@@H](N)c1ccoc1.Cl. The van der Waals surface area contributed by atoms with Crippen molar-refractivity contribution < 1.29 is 13.9 Å². The minimum Gasteiger partial charge on any atom is -0.472 e. The van der Waals surface area contributed by atoms with Crippen LogP contribution >= 0.6 is 12.4 Å². The van der Waals surface area contributed by atoms with E-state index in [1.807, 2.05) is 0 Å². The van der Waals surface area contributed by atoms with Crippen LogP contribution in [0, 0.1) is 0 Å². The molecule has 0 saturated heterocycles. The van der Waals surface area contributed by atoms with Crippen LogP contribution in [-0.4, -0.2) is 13.1 Å². The average molecular weight is 192 g/mol. The molecule has 2 N–H and O–H groups in total. The fourth-order valence-electron chi connectivity index (χ4n) is 0.715. The Morgan fingerprint density at radius 3 is 2.83 bits per heavy atom. The maximum absolute atomic E-state index is 10.8. The lowest BCUT2D eigenvalue weighted by molar-refractivity contribution is -0.142. The van der Waals surface area contributed by atoms with Gasteiger partial charge < -0.3 is 14.9 Å². The summed E-state index contributed by atoms with van der Waals surface area (Å²) in [5.41, 5.74) is 6.08. The number of carbonyl (C=O) groups is 1. The van der Waals surface area contributed by atoms with Crippen molar-refractivity contribution in [3.05, 3.63) is 24.2 Å². The average Bonchev–Trinajstić information content (AvgIpc) is 2.53. The number of halogens is 1. The number of nitrogens with two attached hydrogens (primary N) is 1. The number of ether oxygens (including phenoxy) is 1. The van der Waals surface area contributed by atoms with Crippen LogP contribution in [0.2, 0.25) is 0 Å². The predicted molar refractivity (Wildman–Crippen MR) is 44.9 cm³/mol. The van der Waals surface area contributed by atoms with E-state index in [2.05, 4.69) is 4.74 Å². The van der Waals surface area contributed by atoms with Gasteiger partial charge in [0.05, 0.1) is 19.6 Å². The van der Waals surface area contributed by atoms with Gasteiger partial charge in [-0.05, 0) is 6.07 Å². The largest absolute Gasteiger partial charge is 0.472 e. The molecule has 0 bridgehead atoms.